The summed E-state index contributed by atoms with van der Waals surface area (Å²) < 4.78 is 9.81. The van der Waals surface area contributed by atoms with Gasteiger partial charge < -0.3 is 15.2 Å². The molecule has 0 fully saturated rings. The van der Waals surface area contributed by atoms with E-state index in [2.05, 4.69) is 4.74 Å². The second-order valence-electron chi connectivity index (χ2n) is 3.09. The van der Waals surface area contributed by atoms with Crippen LogP contribution in [-0.2, 0) is 4.74 Å². The SMILES string of the molecule is COC(=O)c1ccc(OC)c(/C=C/CN)c1. The molecule has 0 aromatic heterocycles. The minimum Gasteiger partial charge on any atom is -0.496 e. The molecule has 0 saturated heterocycles. The van der Waals surface area contributed by atoms with E-state index >= 15 is 0 Å². The van der Waals surface area contributed by atoms with Crippen molar-refractivity contribution in [3.8, 4) is 5.75 Å². The van der Waals surface area contributed by atoms with Crippen LogP contribution in [0.1, 0.15) is 15.9 Å². The molecule has 0 aliphatic heterocycles. The van der Waals surface area contributed by atoms with Crippen LogP contribution in [0.5, 0.6) is 5.75 Å². The number of carbonyl (C=O) groups excluding carboxylic acids is 1. The zero-order valence-corrected chi connectivity index (χ0v) is 9.40. The Hall–Kier alpha value is -1.81. The molecule has 16 heavy (non-hydrogen) atoms. The van der Waals surface area contributed by atoms with E-state index in [1.807, 2.05) is 6.08 Å². The second kappa shape index (κ2) is 5.92. The van der Waals surface area contributed by atoms with Gasteiger partial charge in [0.25, 0.3) is 0 Å². The van der Waals surface area contributed by atoms with E-state index in [9.17, 15) is 4.79 Å². The lowest BCUT2D eigenvalue weighted by atomic mass is 10.1. The van der Waals surface area contributed by atoms with Crippen LogP contribution in [0.15, 0.2) is 24.3 Å². The Bertz CT molecular complexity index is 399. The van der Waals surface area contributed by atoms with Gasteiger partial charge in [-0.25, -0.2) is 4.79 Å². The number of carbonyl (C=O) groups is 1. The molecule has 1 rings (SSSR count). The highest BCUT2D eigenvalue weighted by Gasteiger charge is 2.08. The molecule has 4 heteroatoms. The van der Waals surface area contributed by atoms with Gasteiger partial charge in [-0.3, -0.25) is 0 Å². The fraction of sp³-hybridized carbons (Fsp3) is 0.250. The Morgan fingerprint density at radius 3 is 2.75 bits per heavy atom. The summed E-state index contributed by atoms with van der Waals surface area (Å²) >= 11 is 0. The Labute approximate surface area is 94.7 Å². The van der Waals surface area contributed by atoms with Crippen LogP contribution >= 0.6 is 0 Å². The minimum atomic E-state index is -0.370. The first kappa shape index (κ1) is 12.3. The largest absolute Gasteiger partial charge is 0.496 e. The Morgan fingerprint density at radius 2 is 2.19 bits per heavy atom. The molecule has 0 saturated carbocycles. The first-order valence-corrected chi connectivity index (χ1v) is 4.86. The van der Waals surface area contributed by atoms with E-state index in [0.29, 0.717) is 17.9 Å². The number of hydrogen-bond acceptors (Lipinski definition) is 4. The third-order valence-corrected chi connectivity index (χ3v) is 2.08. The molecule has 0 heterocycles. The van der Waals surface area contributed by atoms with Crippen LogP contribution in [0.2, 0.25) is 0 Å². The fourth-order valence-corrected chi connectivity index (χ4v) is 1.30. The number of esters is 1. The first-order valence-electron chi connectivity index (χ1n) is 4.86. The average molecular weight is 221 g/mol. The lowest BCUT2D eigenvalue weighted by Crippen LogP contribution is -2.02. The zero-order chi connectivity index (χ0) is 12.0. The molecule has 0 amide bonds. The second-order valence-corrected chi connectivity index (χ2v) is 3.09. The van der Waals surface area contributed by atoms with Crippen LogP contribution < -0.4 is 10.5 Å². The molecule has 0 atom stereocenters. The highest BCUT2D eigenvalue weighted by atomic mass is 16.5. The van der Waals surface area contributed by atoms with Crippen molar-refractivity contribution in [1.82, 2.24) is 0 Å². The van der Waals surface area contributed by atoms with Gasteiger partial charge in [0.1, 0.15) is 5.75 Å². The van der Waals surface area contributed by atoms with Crippen molar-refractivity contribution in [3.63, 3.8) is 0 Å². The third-order valence-electron chi connectivity index (χ3n) is 2.08. The summed E-state index contributed by atoms with van der Waals surface area (Å²) in [6, 6.07) is 5.09. The van der Waals surface area contributed by atoms with Crippen LogP contribution in [-0.4, -0.2) is 26.7 Å². The van der Waals surface area contributed by atoms with E-state index in [1.165, 1.54) is 7.11 Å². The van der Waals surface area contributed by atoms with Gasteiger partial charge >= 0.3 is 5.97 Å². The predicted octanol–water partition coefficient (Wildman–Crippen LogP) is 1.45. The molecule has 86 valence electrons. The summed E-state index contributed by atoms with van der Waals surface area (Å²) in [6.45, 7) is 0.436. The van der Waals surface area contributed by atoms with Gasteiger partial charge in [0.2, 0.25) is 0 Å². The normalized spacial score (nSPS) is 10.4. The summed E-state index contributed by atoms with van der Waals surface area (Å²) in [5.41, 5.74) is 6.66. The van der Waals surface area contributed by atoms with Gasteiger partial charge in [0.15, 0.2) is 0 Å². The topological polar surface area (TPSA) is 61.5 Å². The number of rotatable bonds is 4. The highest BCUT2D eigenvalue weighted by Crippen LogP contribution is 2.21. The molecule has 0 spiro atoms. The maximum atomic E-state index is 11.3. The van der Waals surface area contributed by atoms with Crippen molar-refractivity contribution < 1.29 is 14.3 Å². The molecule has 0 bridgehead atoms. The van der Waals surface area contributed by atoms with Crippen LogP contribution in [0.4, 0.5) is 0 Å². The number of methoxy groups -OCH3 is 2. The molecule has 0 unspecified atom stereocenters. The Morgan fingerprint density at radius 1 is 1.44 bits per heavy atom. The summed E-state index contributed by atoms with van der Waals surface area (Å²) in [5.74, 6) is 0.322. The van der Waals surface area contributed by atoms with Gasteiger partial charge in [-0.1, -0.05) is 12.2 Å². The molecule has 0 aliphatic carbocycles. The minimum absolute atomic E-state index is 0.370. The molecule has 1 aromatic rings. The van der Waals surface area contributed by atoms with Crippen molar-refractivity contribution in [2.24, 2.45) is 5.73 Å². The lowest BCUT2D eigenvalue weighted by molar-refractivity contribution is 0.0600. The lowest BCUT2D eigenvalue weighted by Gasteiger charge is -2.06. The fourth-order valence-electron chi connectivity index (χ4n) is 1.30. The summed E-state index contributed by atoms with van der Waals surface area (Å²) in [4.78, 5) is 11.3. The maximum absolute atomic E-state index is 11.3. The molecule has 1 aromatic carbocycles. The van der Waals surface area contributed by atoms with Gasteiger partial charge in [-0.2, -0.15) is 0 Å². The maximum Gasteiger partial charge on any atom is 0.337 e. The van der Waals surface area contributed by atoms with E-state index in [1.54, 1.807) is 31.4 Å². The van der Waals surface area contributed by atoms with Crippen molar-refractivity contribution >= 4 is 12.0 Å². The Balaban J connectivity index is 3.10. The zero-order valence-electron chi connectivity index (χ0n) is 9.40. The monoisotopic (exact) mass is 221 g/mol. The summed E-state index contributed by atoms with van der Waals surface area (Å²) in [5, 5.41) is 0. The van der Waals surface area contributed by atoms with Crippen molar-refractivity contribution in [2.45, 2.75) is 0 Å². The Kier molecular flexibility index (Phi) is 4.54. The van der Waals surface area contributed by atoms with Crippen molar-refractivity contribution in [3.05, 3.63) is 35.4 Å². The van der Waals surface area contributed by atoms with Crippen LogP contribution in [0, 0.1) is 0 Å². The standard InChI is InChI=1S/C12H15NO3/c1-15-11-6-5-10(12(14)16-2)8-9(11)4-3-7-13/h3-6,8H,7,13H2,1-2H3/b4-3+. The number of benzene rings is 1. The molecule has 2 N–H and O–H groups in total. The quantitative estimate of drug-likeness (QED) is 0.782. The van der Waals surface area contributed by atoms with E-state index in [-0.39, 0.29) is 5.97 Å². The smallest absolute Gasteiger partial charge is 0.337 e. The van der Waals surface area contributed by atoms with Gasteiger partial charge in [-0.15, -0.1) is 0 Å². The molecule has 0 radical (unpaired) electrons. The average Bonchev–Trinajstić information content (AvgIpc) is 2.34. The molecule has 0 aliphatic rings. The highest BCUT2D eigenvalue weighted by molar-refractivity contribution is 5.90. The number of hydrogen-bond donors (Lipinski definition) is 1. The molecule has 4 nitrogen and oxygen atoms in total. The van der Waals surface area contributed by atoms with Crippen LogP contribution in [0.3, 0.4) is 0 Å². The predicted molar refractivity (Wildman–Crippen MR) is 62.4 cm³/mol. The van der Waals surface area contributed by atoms with Gasteiger partial charge in [-0.05, 0) is 18.2 Å². The first-order chi connectivity index (χ1) is 7.72. The van der Waals surface area contributed by atoms with Gasteiger partial charge in [0.05, 0.1) is 19.8 Å². The van der Waals surface area contributed by atoms with Crippen molar-refractivity contribution in [1.29, 1.82) is 0 Å². The van der Waals surface area contributed by atoms with E-state index < -0.39 is 0 Å². The van der Waals surface area contributed by atoms with E-state index in [0.717, 1.165) is 5.56 Å². The summed E-state index contributed by atoms with van der Waals surface area (Å²) in [7, 11) is 2.93. The molecular formula is C12H15NO3. The third kappa shape index (κ3) is 2.84. The van der Waals surface area contributed by atoms with Crippen LogP contribution in [0.25, 0.3) is 6.08 Å². The number of ether oxygens (including phenoxy) is 2. The summed E-state index contributed by atoms with van der Waals surface area (Å²) in [6.07, 6.45) is 3.60. The number of nitrogens with two attached hydrogens (primary N) is 1. The molecular weight excluding hydrogens is 206 g/mol. The van der Waals surface area contributed by atoms with Gasteiger partial charge in [0, 0.05) is 12.1 Å². The van der Waals surface area contributed by atoms with E-state index in [4.69, 9.17) is 10.5 Å². The van der Waals surface area contributed by atoms with Crippen molar-refractivity contribution in [2.75, 3.05) is 20.8 Å².